The van der Waals surface area contributed by atoms with E-state index in [1.165, 1.54) is 16.3 Å². The highest BCUT2D eigenvalue weighted by Gasteiger charge is 2.04. The highest BCUT2D eigenvalue weighted by molar-refractivity contribution is 5.81. The van der Waals surface area contributed by atoms with Gasteiger partial charge in [-0.25, -0.2) is 4.39 Å². The third kappa shape index (κ3) is 5.10. The number of hydrogen-bond donors (Lipinski definition) is 1. The van der Waals surface area contributed by atoms with Crippen LogP contribution in [0.2, 0.25) is 0 Å². The Morgan fingerprint density at radius 1 is 1.04 bits per heavy atom. The van der Waals surface area contributed by atoms with Crippen LogP contribution in [0.15, 0.2) is 60.9 Å². The van der Waals surface area contributed by atoms with Gasteiger partial charge in [0, 0.05) is 30.4 Å². The molecule has 3 rings (SSSR count). The summed E-state index contributed by atoms with van der Waals surface area (Å²) in [6.45, 7) is 3.08. The first kappa shape index (κ1) is 17.6. The molecule has 0 bridgehead atoms. The maximum absolute atomic E-state index is 13.6. The number of fused-ring (bicyclic) bond motifs is 1. The molecule has 3 heteroatoms. The Morgan fingerprint density at radius 2 is 1.92 bits per heavy atom. The van der Waals surface area contributed by atoms with Crippen LogP contribution in [0.4, 0.5) is 4.39 Å². The molecule has 0 saturated carbocycles. The lowest BCUT2D eigenvalue weighted by atomic mass is 10.0. The fourth-order valence-corrected chi connectivity index (χ4v) is 3.10. The van der Waals surface area contributed by atoms with E-state index in [2.05, 4.69) is 35.4 Å². The molecular formula is C22H25FN2. The average Bonchev–Trinajstić information content (AvgIpc) is 2.64. The lowest BCUT2D eigenvalue weighted by Crippen LogP contribution is -2.25. The van der Waals surface area contributed by atoms with Crippen molar-refractivity contribution in [3.8, 4) is 0 Å². The van der Waals surface area contributed by atoms with Gasteiger partial charge in [0.25, 0.3) is 0 Å². The quantitative estimate of drug-likeness (QED) is 0.567. The summed E-state index contributed by atoms with van der Waals surface area (Å²) in [5, 5.41) is 5.99. The van der Waals surface area contributed by atoms with Crippen LogP contribution in [0.5, 0.6) is 0 Å². The molecule has 0 radical (unpaired) electrons. The van der Waals surface area contributed by atoms with Gasteiger partial charge in [-0.3, -0.25) is 4.98 Å². The largest absolute Gasteiger partial charge is 0.310 e. The van der Waals surface area contributed by atoms with E-state index < -0.39 is 0 Å². The first-order valence-electron chi connectivity index (χ1n) is 9.02. The molecule has 0 saturated heterocycles. The van der Waals surface area contributed by atoms with E-state index in [9.17, 15) is 4.39 Å². The van der Waals surface area contributed by atoms with Crippen molar-refractivity contribution in [2.75, 3.05) is 0 Å². The Kier molecular flexibility index (Phi) is 6.13. The van der Waals surface area contributed by atoms with Crippen molar-refractivity contribution in [3.05, 3.63) is 77.9 Å². The van der Waals surface area contributed by atoms with Crippen LogP contribution < -0.4 is 5.32 Å². The zero-order chi connectivity index (χ0) is 17.5. The lowest BCUT2D eigenvalue weighted by molar-refractivity contribution is 0.487. The summed E-state index contributed by atoms with van der Waals surface area (Å²) in [6, 6.07) is 16.1. The summed E-state index contributed by atoms with van der Waals surface area (Å²) in [5.41, 5.74) is 2.12. The molecule has 1 N–H and O–H groups in total. The Morgan fingerprint density at radius 3 is 2.80 bits per heavy atom. The predicted octanol–water partition coefficient (Wildman–Crippen LogP) is 5.27. The monoisotopic (exact) mass is 336 g/mol. The molecule has 25 heavy (non-hydrogen) atoms. The second kappa shape index (κ2) is 8.72. The fourth-order valence-electron chi connectivity index (χ4n) is 3.10. The number of aryl methyl sites for hydroxylation is 1. The van der Waals surface area contributed by atoms with Crippen molar-refractivity contribution in [2.24, 2.45) is 0 Å². The molecule has 0 fully saturated rings. The summed E-state index contributed by atoms with van der Waals surface area (Å²) in [6.07, 6.45) is 7.77. The van der Waals surface area contributed by atoms with E-state index >= 15 is 0 Å². The Labute approximate surface area is 149 Å². The SMILES string of the molecule is C[C@H](CCCCc1ccccc1F)NCc1ccc2cnccc2c1. The Bertz CT molecular complexity index is 816. The van der Waals surface area contributed by atoms with Gasteiger partial charge in [-0.1, -0.05) is 36.8 Å². The molecule has 1 atom stereocenters. The van der Waals surface area contributed by atoms with Crippen LogP contribution >= 0.6 is 0 Å². The minimum Gasteiger partial charge on any atom is -0.310 e. The van der Waals surface area contributed by atoms with Crippen molar-refractivity contribution >= 4 is 10.8 Å². The first-order chi connectivity index (χ1) is 12.2. The number of pyridine rings is 1. The van der Waals surface area contributed by atoms with Gasteiger partial charge in [0.1, 0.15) is 5.82 Å². The van der Waals surface area contributed by atoms with Crippen molar-refractivity contribution in [1.29, 1.82) is 0 Å². The molecule has 1 aromatic heterocycles. The smallest absolute Gasteiger partial charge is 0.126 e. The van der Waals surface area contributed by atoms with Crippen LogP contribution in [0, 0.1) is 5.82 Å². The number of aromatic nitrogens is 1. The molecule has 0 unspecified atom stereocenters. The number of nitrogens with zero attached hydrogens (tertiary/aromatic N) is 1. The van der Waals surface area contributed by atoms with Crippen molar-refractivity contribution < 1.29 is 4.39 Å². The molecule has 130 valence electrons. The predicted molar refractivity (Wildman–Crippen MR) is 102 cm³/mol. The Balaban J connectivity index is 1.40. The third-order valence-corrected chi connectivity index (χ3v) is 4.65. The molecule has 3 aromatic rings. The summed E-state index contributed by atoms with van der Waals surface area (Å²) >= 11 is 0. The van der Waals surface area contributed by atoms with Gasteiger partial charge < -0.3 is 5.32 Å². The first-order valence-corrected chi connectivity index (χ1v) is 9.02. The van der Waals surface area contributed by atoms with E-state index in [0.717, 1.165) is 37.8 Å². The van der Waals surface area contributed by atoms with Gasteiger partial charge in [-0.15, -0.1) is 0 Å². The van der Waals surface area contributed by atoms with Gasteiger partial charge in [0.2, 0.25) is 0 Å². The number of hydrogen-bond acceptors (Lipinski definition) is 2. The van der Waals surface area contributed by atoms with Crippen LogP contribution in [0.1, 0.15) is 37.3 Å². The molecule has 1 heterocycles. The number of benzene rings is 2. The maximum Gasteiger partial charge on any atom is 0.126 e. The molecule has 0 aliphatic carbocycles. The van der Waals surface area contributed by atoms with Crippen molar-refractivity contribution in [1.82, 2.24) is 10.3 Å². The van der Waals surface area contributed by atoms with Crippen LogP contribution in [-0.4, -0.2) is 11.0 Å². The highest BCUT2D eigenvalue weighted by atomic mass is 19.1. The van der Waals surface area contributed by atoms with Gasteiger partial charge in [0.05, 0.1) is 0 Å². The molecular weight excluding hydrogens is 311 g/mol. The van der Waals surface area contributed by atoms with E-state index in [-0.39, 0.29) is 5.82 Å². The van der Waals surface area contributed by atoms with Gasteiger partial charge in [0.15, 0.2) is 0 Å². The summed E-state index contributed by atoms with van der Waals surface area (Å²) in [7, 11) is 0. The van der Waals surface area contributed by atoms with Gasteiger partial charge in [-0.05, 0) is 60.9 Å². The number of nitrogens with one attached hydrogen (secondary N) is 1. The Hall–Kier alpha value is -2.26. The van der Waals surface area contributed by atoms with E-state index in [4.69, 9.17) is 0 Å². The molecule has 0 aliphatic rings. The van der Waals surface area contributed by atoms with Crippen LogP contribution in [0.3, 0.4) is 0 Å². The van der Waals surface area contributed by atoms with Crippen LogP contribution in [-0.2, 0) is 13.0 Å². The molecule has 0 aliphatic heterocycles. The van der Waals surface area contributed by atoms with E-state index in [1.54, 1.807) is 12.1 Å². The molecule has 2 aromatic carbocycles. The average molecular weight is 336 g/mol. The fraction of sp³-hybridized carbons (Fsp3) is 0.318. The molecule has 2 nitrogen and oxygen atoms in total. The molecule has 0 spiro atoms. The summed E-state index contributed by atoms with van der Waals surface area (Å²) in [4.78, 5) is 4.15. The summed E-state index contributed by atoms with van der Waals surface area (Å²) < 4.78 is 13.6. The van der Waals surface area contributed by atoms with Crippen LogP contribution in [0.25, 0.3) is 10.8 Å². The number of unbranched alkanes of at least 4 members (excludes halogenated alkanes) is 1. The maximum atomic E-state index is 13.6. The van der Waals surface area contributed by atoms with E-state index in [0.29, 0.717) is 6.04 Å². The minimum atomic E-state index is -0.0832. The zero-order valence-corrected chi connectivity index (χ0v) is 14.7. The third-order valence-electron chi connectivity index (χ3n) is 4.65. The topological polar surface area (TPSA) is 24.9 Å². The van der Waals surface area contributed by atoms with Gasteiger partial charge >= 0.3 is 0 Å². The van der Waals surface area contributed by atoms with Crippen molar-refractivity contribution in [3.63, 3.8) is 0 Å². The second-order valence-electron chi connectivity index (χ2n) is 6.68. The normalized spacial score (nSPS) is 12.4. The zero-order valence-electron chi connectivity index (χ0n) is 14.7. The number of rotatable bonds is 8. The minimum absolute atomic E-state index is 0.0832. The number of halogens is 1. The van der Waals surface area contributed by atoms with Gasteiger partial charge in [-0.2, -0.15) is 0 Å². The standard InChI is InChI=1S/C22H25FN2/c1-17(6-2-3-7-19-8-4-5-9-22(19)23)25-15-18-10-11-21-16-24-13-12-20(21)14-18/h4-5,8-14,16-17,25H,2-3,6-7,15H2,1H3/t17-/m1/s1. The summed E-state index contributed by atoms with van der Waals surface area (Å²) in [5.74, 6) is -0.0832. The van der Waals surface area contributed by atoms with Crippen molar-refractivity contribution in [2.45, 2.75) is 45.2 Å². The van der Waals surface area contributed by atoms with E-state index in [1.807, 2.05) is 30.6 Å². The lowest BCUT2D eigenvalue weighted by Gasteiger charge is -2.14. The second-order valence-corrected chi connectivity index (χ2v) is 6.68. The highest BCUT2D eigenvalue weighted by Crippen LogP contribution is 2.15. The molecule has 0 amide bonds.